The van der Waals surface area contributed by atoms with Gasteiger partial charge in [-0.05, 0) is 12.5 Å². The lowest BCUT2D eigenvalue weighted by atomic mass is 9.80. The number of ketones is 2. The fourth-order valence-electron chi connectivity index (χ4n) is 3.41. The molecule has 0 radical (unpaired) electrons. The Morgan fingerprint density at radius 2 is 1.72 bits per heavy atom. The Hall–Kier alpha value is -3.59. The molecule has 1 unspecified atom stereocenters. The van der Waals surface area contributed by atoms with Crippen LogP contribution < -0.4 is 10.2 Å². The molecule has 2 aromatic rings. The first-order valence-corrected chi connectivity index (χ1v) is 8.61. The number of rotatable bonds is 5. The predicted octanol–water partition coefficient (Wildman–Crippen LogP) is 0.0495. The fourth-order valence-corrected chi connectivity index (χ4v) is 3.41. The van der Waals surface area contributed by atoms with E-state index in [0.717, 1.165) is 18.2 Å². The maximum absolute atomic E-state index is 13.0. The Morgan fingerprint density at radius 1 is 1.07 bits per heavy atom. The Kier molecular flexibility index (Phi) is 5.17. The zero-order valence-corrected chi connectivity index (χ0v) is 15.2. The SMILES string of the molecule is CC(=O)OCCC(CO)c1c([O-])cc2c(c1[O-])C(=O)c1c(O)cc(O)cc1C2=O. The van der Waals surface area contributed by atoms with Crippen molar-refractivity contribution in [3.8, 4) is 23.0 Å². The molecule has 0 amide bonds. The van der Waals surface area contributed by atoms with E-state index in [-0.39, 0.29) is 18.6 Å². The van der Waals surface area contributed by atoms with Gasteiger partial charge in [-0.2, -0.15) is 0 Å². The molecule has 29 heavy (non-hydrogen) atoms. The molecule has 0 bridgehead atoms. The van der Waals surface area contributed by atoms with Crippen LogP contribution in [0.1, 0.15) is 56.7 Å². The van der Waals surface area contributed by atoms with Crippen LogP contribution in [0, 0.1) is 0 Å². The van der Waals surface area contributed by atoms with E-state index < -0.39 is 75.3 Å². The summed E-state index contributed by atoms with van der Waals surface area (Å²) in [6.45, 7) is 0.394. The molecule has 1 aliphatic rings. The number of benzene rings is 2. The Labute approximate surface area is 164 Å². The molecular weight excluding hydrogens is 384 g/mol. The van der Waals surface area contributed by atoms with Gasteiger partial charge in [0.15, 0.2) is 11.6 Å². The van der Waals surface area contributed by atoms with Crippen molar-refractivity contribution in [2.75, 3.05) is 13.2 Å². The van der Waals surface area contributed by atoms with Gasteiger partial charge in [0, 0.05) is 35.6 Å². The number of ether oxygens (including phenoxy) is 1. The Bertz CT molecular complexity index is 1040. The van der Waals surface area contributed by atoms with Crippen LogP contribution in [0.3, 0.4) is 0 Å². The number of esters is 1. The number of aliphatic hydroxyl groups is 1. The Balaban J connectivity index is 2.13. The van der Waals surface area contributed by atoms with E-state index in [1.807, 2.05) is 0 Å². The van der Waals surface area contributed by atoms with E-state index >= 15 is 0 Å². The van der Waals surface area contributed by atoms with Gasteiger partial charge in [-0.1, -0.05) is 17.4 Å². The van der Waals surface area contributed by atoms with Gasteiger partial charge in [-0.15, -0.1) is 5.75 Å². The summed E-state index contributed by atoms with van der Waals surface area (Å²) in [4.78, 5) is 36.5. The summed E-state index contributed by atoms with van der Waals surface area (Å²) < 4.78 is 4.77. The molecule has 3 N–H and O–H groups in total. The molecule has 1 aliphatic carbocycles. The van der Waals surface area contributed by atoms with Crippen LogP contribution >= 0.6 is 0 Å². The quantitative estimate of drug-likeness (QED) is 0.501. The van der Waals surface area contributed by atoms with Gasteiger partial charge in [0.2, 0.25) is 0 Å². The van der Waals surface area contributed by atoms with E-state index in [9.17, 15) is 39.9 Å². The standard InChI is InChI=1S/C20H18O9/c1-8(22)29-3-2-9(7-21)15-14(25)6-12-17(19(15)27)20(28)16-11(18(12)26)4-10(23)5-13(16)24/h4-6,9,21,23-25,27H,2-3,7H2,1H3/p-2. The number of carbonyl (C=O) groups is 3. The van der Waals surface area contributed by atoms with Crippen LogP contribution in [-0.2, 0) is 9.53 Å². The van der Waals surface area contributed by atoms with Crippen LogP contribution in [0.15, 0.2) is 18.2 Å². The first kappa shape index (κ1) is 20.2. The maximum Gasteiger partial charge on any atom is 0.302 e. The fraction of sp³-hybridized carbons (Fsp3) is 0.250. The van der Waals surface area contributed by atoms with E-state index in [0.29, 0.717) is 0 Å². The van der Waals surface area contributed by atoms with Crippen molar-refractivity contribution in [2.45, 2.75) is 19.3 Å². The zero-order chi connectivity index (χ0) is 21.5. The molecule has 3 rings (SSSR count). The third kappa shape index (κ3) is 3.36. The van der Waals surface area contributed by atoms with Crippen molar-refractivity contribution >= 4 is 17.5 Å². The third-order valence-corrected chi connectivity index (χ3v) is 4.73. The minimum Gasteiger partial charge on any atom is -0.872 e. The highest BCUT2D eigenvalue weighted by atomic mass is 16.5. The molecular formula is C20H16O9-2. The molecule has 0 heterocycles. The van der Waals surface area contributed by atoms with E-state index in [2.05, 4.69) is 0 Å². The lowest BCUT2D eigenvalue weighted by molar-refractivity contribution is -0.283. The van der Waals surface area contributed by atoms with E-state index in [1.165, 1.54) is 6.92 Å². The summed E-state index contributed by atoms with van der Waals surface area (Å²) >= 11 is 0. The molecule has 152 valence electrons. The second-order valence-electron chi connectivity index (χ2n) is 6.59. The summed E-state index contributed by atoms with van der Waals surface area (Å²) in [5.41, 5.74) is -2.17. The summed E-state index contributed by atoms with van der Waals surface area (Å²) in [7, 11) is 0. The zero-order valence-electron chi connectivity index (χ0n) is 15.2. The summed E-state index contributed by atoms with van der Waals surface area (Å²) in [5.74, 6) is -6.42. The second kappa shape index (κ2) is 7.44. The third-order valence-electron chi connectivity index (χ3n) is 4.73. The molecule has 0 aromatic heterocycles. The molecule has 9 heteroatoms. The van der Waals surface area contributed by atoms with Crippen molar-refractivity contribution in [3.63, 3.8) is 0 Å². The van der Waals surface area contributed by atoms with Crippen LogP contribution in [-0.4, -0.2) is 46.1 Å². The number of aromatic hydroxyl groups is 2. The molecule has 2 aromatic carbocycles. The smallest absolute Gasteiger partial charge is 0.302 e. The number of hydrogen-bond acceptors (Lipinski definition) is 9. The van der Waals surface area contributed by atoms with Crippen LogP contribution in [0.25, 0.3) is 0 Å². The molecule has 0 spiro atoms. The number of hydrogen-bond donors (Lipinski definition) is 3. The number of phenolic OH excluding ortho intramolecular Hbond substituents is 2. The minimum atomic E-state index is -1.02. The first-order chi connectivity index (χ1) is 13.7. The van der Waals surface area contributed by atoms with Gasteiger partial charge in [0.1, 0.15) is 11.5 Å². The molecule has 0 fully saturated rings. The monoisotopic (exact) mass is 400 g/mol. The van der Waals surface area contributed by atoms with Crippen molar-refractivity contribution in [2.24, 2.45) is 0 Å². The number of phenols is 2. The van der Waals surface area contributed by atoms with Gasteiger partial charge >= 0.3 is 5.97 Å². The van der Waals surface area contributed by atoms with Gasteiger partial charge in [-0.25, -0.2) is 0 Å². The summed E-state index contributed by atoms with van der Waals surface area (Å²) in [6.07, 6.45) is -0.0445. The lowest BCUT2D eigenvalue weighted by Gasteiger charge is -2.32. The summed E-state index contributed by atoms with van der Waals surface area (Å²) in [6, 6.07) is 2.67. The van der Waals surface area contributed by atoms with Crippen LogP contribution in [0.4, 0.5) is 0 Å². The highest BCUT2D eigenvalue weighted by molar-refractivity contribution is 6.30. The normalized spacial score (nSPS) is 13.6. The average molecular weight is 400 g/mol. The van der Waals surface area contributed by atoms with E-state index in [4.69, 9.17) is 4.74 Å². The number of aliphatic hydroxyl groups excluding tert-OH is 1. The van der Waals surface area contributed by atoms with Gasteiger partial charge < -0.3 is 30.3 Å². The van der Waals surface area contributed by atoms with Crippen molar-refractivity contribution in [1.29, 1.82) is 0 Å². The molecule has 0 aliphatic heterocycles. The molecule has 0 saturated carbocycles. The summed E-state index contributed by atoms with van der Waals surface area (Å²) in [5, 5.41) is 54.7. The predicted molar refractivity (Wildman–Crippen MR) is 93.0 cm³/mol. The van der Waals surface area contributed by atoms with Gasteiger partial charge in [0.05, 0.1) is 18.8 Å². The highest BCUT2D eigenvalue weighted by Gasteiger charge is 2.34. The Morgan fingerprint density at radius 3 is 2.34 bits per heavy atom. The van der Waals surface area contributed by atoms with Gasteiger partial charge in [-0.3, -0.25) is 14.4 Å². The largest absolute Gasteiger partial charge is 0.872 e. The highest BCUT2D eigenvalue weighted by Crippen LogP contribution is 2.43. The lowest BCUT2D eigenvalue weighted by Crippen LogP contribution is -2.25. The topological polar surface area (TPSA) is 167 Å². The number of fused-ring (bicyclic) bond motifs is 2. The molecule has 9 nitrogen and oxygen atoms in total. The van der Waals surface area contributed by atoms with Gasteiger partial charge in [0.25, 0.3) is 0 Å². The average Bonchev–Trinajstić information content (AvgIpc) is 2.63. The minimum absolute atomic E-state index is 0.0445. The van der Waals surface area contributed by atoms with Crippen molar-refractivity contribution in [1.82, 2.24) is 0 Å². The first-order valence-electron chi connectivity index (χ1n) is 8.61. The maximum atomic E-state index is 13.0. The molecule has 0 saturated heterocycles. The van der Waals surface area contributed by atoms with Crippen LogP contribution in [0.5, 0.6) is 23.0 Å². The molecule has 1 atom stereocenters. The van der Waals surface area contributed by atoms with Crippen molar-refractivity contribution in [3.05, 3.63) is 46.0 Å². The van der Waals surface area contributed by atoms with E-state index in [1.54, 1.807) is 0 Å². The van der Waals surface area contributed by atoms with Crippen molar-refractivity contribution < 1.29 is 44.7 Å². The number of carbonyl (C=O) groups excluding carboxylic acids is 3. The second-order valence-corrected chi connectivity index (χ2v) is 6.59. The van der Waals surface area contributed by atoms with Crippen LogP contribution in [0.2, 0.25) is 0 Å².